The highest BCUT2D eigenvalue weighted by Gasteiger charge is 2.46. The molecule has 1 amide bonds. The molecular formula is C14H18N2O3. The summed E-state index contributed by atoms with van der Waals surface area (Å²) in [6.45, 7) is 0. The van der Waals surface area contributed by atoms with Crippen LogP contribution in [0.3, 0.4) is 0 Å². The molecule has 19 heavy (non-hydrogen) atoms. The number of carbonyl (C=O) groups excluding carboxylic acids is 1. The summed E-state index contributed by atoms with van der Waals surface area (Å²) in [6.07, 6.45) is 2.18. The number of carboxylic acid groups (broad SMARTS) is 1. The Hall–Kier alpha value is -1.88. The van der Waals surface area contributed by atoms with E-state index < -0.39 is 23.5 Å². The monoisotopic (exact) mass is 262 g/mol. The second-order valence-corrected chi connectivity index (χ2v) is 5.03. The zero-order chi connectivity index (χ0) is 13.9. The first kappa shape index (κ1) is 13.5. The predicted molar refractivity (Wildman–Crippen MR) is 70.5 cm³/mol. The van der Waals surface area contributed by atoms with Crippen LogP contribution in [0.2, 0.25) is 0 Å². The van der Waals surface area contributed by atoms with Crippen LogP contribution in [0.5, 0.6) is 0 Å². The molecule has 1 fully saturated rings. The molecule has 0 aromatic heterocycles. The third kappa shape index (κ3) is 2.93. The van der Waals surface area contributed by atoms with E-state index in [2.05, 4.69) is 5.32 Å². The average Bonchev–Trinajstić information content (AvgIpc) is 2.34. The average molecular weight is 262 g/mol. The predicted octanol–water partition coefficient (Wildman–Crippen LogP) is 0.680. The zero-order valence-corrected chi connectivity index (χ0v) is 10.6. The van der Waals surface area contributed by atoms with Crippen LogP contribution in [0.15, 0.2) is 30.3 Å². The van der Waals surface area contributed by atoms with Crippen molar-refractivity contribution in [3.63, 3.8) is 0 Å². The Labute approximate surface area is 111 Å². The molecule has 0 unspecified atom stereocenters. The lowest BCUT2D eigenvalue weighted by Crippen LogP contribution is -2.62. The number of nitrogens with one attached hydrogen (secondary N) is 1. The first-order chi connectivity index (χ1) is 9.03. The molecule has 0 bridgehead atoms. The highest BCUT2D eigenvalue weighted by molar-refractivity contribution is 5.90. The minimum Gasteiger partial charge on any atom is -0.480 e. The van der Waals surface area contributed by atoms with Gasteiger partial charge in [-0.05, 0) is 31.2 Å². The van der Waals surface area contributed by atoms with Crippen molar-refractivity contribution in [3.05, 3.63) is 35.9 Å². The number of amides is 1. The fraction of sp³-hybridized carbons (Fsp3) is 0.429. The van der Waals surface area contributed by atoms with E-state index in [1.54, 1.807) is 0 Å². The van der Waals surface area contributed by atoms with Crippen LogP contribution in [0, 0.1) is 0 Å². The summed E-state index contributed by atoms with van der Waals surface area (Å²) < 4.78 is 0. The Balaban J connectivity index is 1.94. The van der Waals surface area contributed by atoms with Gasteiger partial charge in [0.1, 0.15) is 5.54 Å². The lowest BCUT2D eigenvalue weighted by Gasteiger charge is -2.38. The Morgan fingerprint density at radius 2 is 1.95 bits per heavy atom. The van der Waals surface area contributed by atoms with Crippen LogP contribution in [0.25, 0.3) is 0 Å². The van der Waals surface area contributed by atoms with Crippen molar-refractivity contribution in [3.8, 4) is 0 Å². The van der Waals surface area contributed by atoms with Gasteiger partial charge >= 0.3 is 5.97 Å². The maximum absolute atomic E-state index is 12.0. The Kier molecular flexibility index (Phi) is 3.85. The molecule has 1 aromatic carbocycles. The first-order valence-corrected chi connectivity index (χ1v) is 6.38. The minimum absolute atomic E-state index is 0.397. The van der Waals surface area contributed by atoms with Gasteiger partial charge in [-0.1, -0.05) is 30.3 Å². The maximum atomic E-state index is 12.0. The molecular weight excluding hydrogens is 244 g/mol. The number of carbonyl (C=O) groups is 2. The lowest BCUT2D eigenvalue weighted by molar-refractivity contribution is -0.152. The molecule has 4 N–H and O–H groups in total. The van der Waals surface area contributed by atoms with Gasteiger partial charge in [0.05, 0.1) is 6.04 Å². The summed E-state index contributed by atoms with van der Waals surface area (Å²) >= 11 is 0. The van der Waals surface area contributed by atoms with Crippen molar-refractivity contribution in [2.24, 2.45) is 5.73 Å². The second kappa shape index (κ2) is 5.40. The van der Waals surface area contributed by atoms with E-state index >= 15 is 0 Å². The van der Waals surface area contributed by atoms with Crippen molar-refractivity contribution >= 4 is 11.9 Å². The van der Waals surface area contributed by atoms with Gasteiger partial charge in [-0.3, -0.25) is 4.79 Å². The van der Waals surface area contributed by atoms with Crippen molar-refractivity contribution in [1.82, 2.24) is 5.32 Å². The largest absolute Gasteiger partial charge is 0.480 e. The van der Waals surface area contributed by atoms with Gasteiger partial charge in [0, 0.05) is 0 Å². The third-order valence-corrected chi connectivity index (χ3v) is 3.61. The van der Waals surface area contributed by atoms with E-state index in [4.69, 9.17) is 10.8 Å². The van der Waals surface area contributed by atoms with Crippen LogP contribution in [-0.2, 0) is 16.0 Å². The van der Waals surface area contributed by atoms with Crippen LogP contribution >= 0.6 is 0 Å². The summed E-state index contributed by atoms with van der Waals surface area (Å²) in [6, 6.07) is 8.71. The minimum atomic E-state index is -1.09. The second-order valence-electron chi connectivity index (χ2n) is 5.03. The lowest BCUT2D eigenvalue weighted by atomic mass is 9.76. The molecule has 5 heteroatoms. The van der Waals surface area contributed by atoms with Crippen LogP contribution < -0.4 is 11.1 Å². The zero-order valence-electron chi connectivity index (χ0n) is 10.6. The maximum Gasteiger partial charge on any atom is 0.329 e. The fourth-order valence-corrected chi connectivity index (χ4v) is 2.21. The quantitative estimate of drug-likeness (QED) is 0.727. The highest BCUT2D eigenvalue weighted by Crippen LogP contribution is 2.32. The van der Waals surface area contributed by atoms with E-state index in [-0.39, 0.29) is 0 Å². The molecule has 1 saturated carbocycles. The van der Waals surface area contributed by atoms with Gasteiger partial charge in [-0.25, -0.2) is 4.79 Å². The number of aliphatic carboxylic acids is 1. The molecule has 0 heterocycles. The van der Waals surface area contributed by atoms with Gasteiger partial charge in [0.2, 0.25) is 5.91 Å². The topological polar surface area (TPSA) is 92.4 Å². The third-order valence-electron chi connectivity index (χ3n) is 3.61. The van der Waals surface area contributed by atoms with Gasteiger partial charge in [0.25, 0.3) is 0 Å². The molecule has 0 aliphatic heterocycles. The van der Waals surface area contributed by atoms with Gasteiger partial charge in [0.15, 0.2) is 0 Å². The standard InChI is InChI=1S/C14H18N2O3/c15-11(9-10-5-2-1-3-6-10)12(17)16-14(13(18)19)7-4-8-14/h1-3,5-6,11H,4,7-9,15H2,(H,16,17)(H,18,19)/t11-/m0/s1. The number of carboxylic acids is 1. The number of hydrogen-bond acceptors (Lipinski definition) is 3. The van der Waals surface area contributed by atoms with Gasteiger partial charge in [-0.15, -0.1) is 0 Å². The molecule has 0 radical (unpaired) electrons. The van der Waals surface area contributed by atoms with E-state index in [9.17, 15) is 9.59 Å². The summed E-state index contributed by atoms with van der Waals surface area (Å²) in [5, 5.41) is 11.7. The normalized spacial score (nSPS) is 18.2. The van der Waals surface area contributed by atoms with E-state index in [1.165, 1.54) is 0 Å². The molecule has 1 aromatic rings. The molecule has 5 nitrogen and oxygen atoms in total. The fourth-order valence-electron chi connectivity index (χ4n) is 2.21. The van der Waals surface area contributed by atoms with Crippen molar-refractivity contribution in [2.75, 3.05) is 0 Å². The molecule has 1 atom stereocenters. The molecule has 1 aliphatic carbocycles. The van der Waals surface area contributed by atoms with Crippen molar-refractivity contribution < 1.29 is 14.7 Å². The smallest absolute Gasteiger partial charge is 0.329 e. The summed E-state index contributed by atoms with van der Waals surface area (Å²) in [4.78, 5) is 23.1. The summed E-state index contributed by atoms with van der Waals surface area (Å²) in [5.74, 6) is -1.37. The van der Waals surface area contributed by atoms with Gasteiger partial charge < -0.3 is 16.2 Å². The molecule has 1 aliphatic rings. The Morgan fingerprint density at radius 3 is 2.42 bits per heavy atom. The summed E-state index contributed by atoms with van der Waals surface area (Å²) in [5.41, 5.74) is 5.70. The van der Waals surface area contributed by atoms with Crippen LogP contribution in [-0.4, -0.2) is 28.6 Å². The van der Waals surface area contributed by atoms with Crippen molar-refractivity contribution in [1.29, 1.82) is 0 Å². The van der Waals surface area contributed by atoms with Crippen LogP contribution in [0.4, 0.5) is 0 Å². The number of benzene rings is 1. The summed E-state index contributed by atoms with van der Waals surface area (Å²) in [7, 11) is 0. The first-order valence-electron chi connectivity index (χ1n) is 6.38. The Bertz CT molecular complexity index is 469. The van der Waals surface area contributed by atoms with Crippen LogP contribution in [0.1, 0.15) is 24.8 Å². The number of rotatable bonds is 5. The van der Waals surface area contributed by atoms with Crippen molar-refractivity contribution in [2.45, 2.75) is 37.3 Å². The highest BCUT2D eigenvalue weighted by atomic mass is 16.4. The Morgan fingerprint density at radius 1 is 1.32 bits per heavy atom. The van der Waals surface area contributed by atoms with E-state index in [0.717, 1.165) is 12.0 Å². The SMILES string of the molecule is N[C@@H](Cc1ccccc1)C(=O)NC1(C(=O)O)CCC1. The van der Waals surface area contributed by atoms with E-state index in [0.29, 0.717) is 19.3 Å². The molecule has 102 valence electrons. The number of nitrogens with two attached hydrogens (primary N) is 1. The van der Waals surface area contributed by atoms with Gasteiger partial charge in [-0.2, -0.15) is 0 Å². The molecule has 0 spiro atoms. The van der Waals surface area contributed by atoms with E-state index in [1.807, 2.05) is 30.3 Å². The molecule has 2 rings (SSSR count). The molecule has 0 saturated heterocycles. The number of hydrogen-bond donors (Lipinski definition) is 3.